The Bertz CT molecular complexity index is 665. The molecule has 2 aromatic heterocycles. The van der Waals surface area contributed by atoms with Gasteiger partial charge in [-0.15, -0.1) is 0 Å². The van der Waals surface area contributed by atoms with Crippen molar-refractivity contribution in [2.24, 2.45) is 0 Å². The Morgan fingerprint density at radius 1 is 1.43 bits per heavy atom. The molecule has 0 bridgehead atoms. The van der Waals surface area contributed by atoms with Crippen LogP contribution in [0.25, 0.3) is 5.82 Å². The normalized spacial score (nSPS) is 11.5. The van der Waals surface area contributed by atoms with E-state index in [2.05, 4.69) is 14.8 Å². The van der Waals surface area contributed by atoms with E-state index < -0.39 is 23.4 Å². The molecule has 0 aromatic carbocycles. The lowest BCUT2D eigenvalue weighted by Gasteiger charge is -2.12. The summed E-state index contributed by atoms with van der Waals surface area (Å²) < 4.78 is 45.0. The van der Waals surface area contributed by atoms with E-state index in [9.17, 15) is 18.0 Å². The Labute approximate surface area is 118 Å². The van der Waals surface area contributed by atoms with Gasteiger partial charge in [-0.25, -0.2) is 14.5 Å². The van der Waals surface area contributed by atoms with Gasteiger partial charge in [0.1, 0.15) is 5.56 Å². The van der Waals surface area contributed by atoms with Crippen LogP contribution < -0.4 is 0 Å². The van der Waals surface area contributed by atoms with Gasteiger partial charge in [-0.2, -0.15) is 18.3 Å². The van der Waals surface area contributed by atoms with Gasteiger partial charge in [0.25, 0.3) is 0 Å². The molecule has 2 heterocycles. The Morgan fingerprint density at radius 3 is 2.71 bits per heavy atom. The molecular formula is C13H12F3N3O2. The van der Waals surface area contributed by atoms with Crippen LogP contribution in [0, 0.1) is 6.92 Å². The van der Waals surface area contributed by atoms with Crippen LogP contribution >= 0.6 is 0 Å². The Morgan fingerprint density at radius 2 is 2.14 bits per heavy atom. The van der Waals surface area contributed by atoms with Crippen molar-refractivity contribution in [2.45, 2.75) is 20.0 Å². The van der Waals surface area contributed by atoms with Crippen LogP contribution in [0.1, 0.15) is 28.5 Å². The summed E-state index contributed by atoms with van der Waals surface area (Å²) in [4.78, 5) is 15.5. The molecule has 8 heteroatoms. The first-order chi connectivity index (χ1) is 9.86. The number of hydrogen-bond acceptors (Lipinski definition) is 4. The molecule has 0 aliphatic heterocycles. The molecule has 0 fully saturated rings. The number of esters is 1. The van der Waals surface area contributed by atoms with Crippen molar-refractivity contribution in [3.8, 4) is 5.82 Å². The molecule has 0 aliphatic carbocycles. The minimum atomic E-state index is -4.76. The highest BCUT2D eigenvalue weighted by molar-refractivity contribution is 5.90. The summed E-state index contributed by atoms with van der Waals surface area (Å²) in [7, 11) is 0. The van der Waals surface area contributed by atoms with Crippen LogP contribution in [0.5, 0.6) is 0 Å². The topological polar surface area (TPSA) is 57.0 Å². The Balaban J connectivity index is 2.64. The third-order valence-corrected chi connectivity index (χ3v) is 2.72. The predicted octanol–water partition coefficient (Wildman–Crippen LogP) is 2.77. The first kappa shape index (κ1) is 15.0. The highest BCUT2D eigenvalue weighted by Gasteiger charge is 2.41. The minimum Gasteiger partial charge on any atom is -0.462 e. The zero-order valence-corrected chi connectivity index (χ0v) is 11.3. The number of rotatable bonds is 3. The molecule has 2 rings (SSSR count). The summed E-state index contributed by atoms with van der Waals surface area (Å²) in [5.74, 6) is -1.05. The van der Waals surface area contributed by atoms with Crippen molar-refractivity contribution >= 4 is 5.97 Å². The number of aryl methyl sites for hydroxylation is 1. The Hall–Kier alpha value is -2.38. The van der Waals surface area contributed by atoms with Gasteiger partial charge in [-0.05, 0) is 25.5 Å². The lowest BCUT2D eigenvalue weighted by molar-refractivity contribution is -0.143. The van der Waals surface area contributed by atoms with E-state index >= 15 is 0 Å². The van der Waals surface area contributed by atoms with Crippen LogP contribution in [0.3, 0.4) is 0 Å². The number of ether oxygens (including phenoxy) is 1. The molecule has 21 heavy (non-hydrogen) atoms. The van der Waals surface area contributed by atoms with Gasteiger partial charge in [-0.3, -0.25) is 0 Å². The minimum absolute atomic E-state index is 0.0142. The number of alkyl halides is 3. The smallest absolute Gasteiger partial charge is 0.434 e. The van der Waals surface area contributed by atoms with Gasteiger partial charge in [0.2, 0.25) is 0 Å². The monoisotopic (exact) mass is 299 g/mol. The SMILES string of the molecule is CCOC(=O)c1cnn(-c2ncccc2C)c1C(F)(F)F. The van der Waals surface area contributed by atoms with Gasteiger partial charge >= 0.3 is 12.1 Å². The standard InChI is InChI=1S/C13H12F3N3O2/c1-3-21-12(20)9-7-18-19(10(9)13(14,15)16)11-8(2)5-4-6-17-11/h4-7H,3H2,1-2H3. The number of pyridine rings is 1. The lowest BCUT2D eigenvalue weighted by atomic mass is 10.2. The molecule has 0 saturated heterocycles. The van der Waals surface area contributed by atoms with Crippen molar-refractivity contribution in [3.63, 3.8) is 0 Å². The van der Waals surface area contributed by atoms with Crippen molar-refractivity contribution in [1.82, 2.24) is 14.8 Å². The first-order valence-electron chi connectivity index (χ1n) is 6.10. The number of aromatic nitrogens is 3. The zero-order chi connectivity index (χ0) is 15.6. The van der Waals surface area contributed by atoms with E-state index in [-0.39, 0.29) is 12.4 Å². The summed E-state index contributed by atoms with van der Waals surface area (Å²) in [6, 6.07) is 3.20. The fourth-order valence-corrected chi connectivity index (χ4v) is 1.84. The van der Waals surface area contributed by atoms with E-state index in [1.165, 1.54) is 13.1 Å². The largest absolute Gasteiger partial charge is 0.462 e. The summed E-state index contributed by atoms with van der Waals surface area (Å²) in [6.45, 7) is 3.09. The fourth-order valence-electron chi connectivity index (χ4n) is 1.84. The van der Waals surface area contributed by atoms with E-state index in [1.807, 2.05) is 0 Å². The number of nitrogens with zero attached hydrogens (tertiary/aromatic N) is 3. The maximum Gasteiger partial charge on any atom is 0.434 e. The average Bonchev–Trinajstić information content (AvgIpc) is 2.84. The highest BCUT2D eigenvalue weighted by Crippen LogP contribution is 2.34. The Kier molecular flexibility index (Phi) is 3.97. The number of hydrogen-bond donors (Lipinski definition) is 0. The van der Waals surface area contributed by atoms with Crippen LogP contribution in [0.15, 0.2) is 24.5 Å². The maximum absolute atomic E-state index is 13.3. The van der Waals surface area contributed by atoms with Crippen molar-refractivity contribution < 1.29 is 22.7 Å². The van der Waals surface area contributed by atoms with E-state index in [0.717, 1.165) is 6.20 Å². The second-order valence-electron chi connectivity index (χ2n) is 4.18. The molecule has 5 nitrogen and oxygen atoms in total. The van der Waals surface area contributed by atoms with Gasteiger partial charge < -0.3 is 4.74 Å². The van der Waals surface area contributed by atoms with E-state index in [1.54, 1.807) is 19.1 Å². The number of carbonyl (C=O) groups is 1. The lowest BCUT2D eigenvalue weighted by Crippen LogP contribution is -2.19. The van der Waals surface area contributed by atoms with Gasteiger partial charge in [0, 0.05) is 6.20 Å². The second-order valence-corrected chi connectivity index (χ2v) is 4.18. The molecule has 2 aromatic rings. The molecule has 112 valence electrons. The van der Waals surface area contributed by atoms with E-state index in [4.69, 9.17) is 0 Å². The van der Waals surface area contributed by atoms with E-state index in [0.29, 0.717) is 10.2 Å². The third-order valence-electron chi connectivity index (χ3n) is 2.72. The van der Waals surface area contributed by atoms with Gasteiger partial charge in [0.15, 0.2) is 11.5 Å². The number of carbonyl (C=O) groups excluding carboxylic acids is 1. The molecular weight excluding hydrogens is 287 g/mol. The van der Waals surface area contributed by atoms with Crippen molar-refractivity contribution in [3.05, 3.63) is 41.3 Å². The molecule has 0 unspecified atom stereocenters. The first-order valence-corrected chi connectivity index (χ1v) is 6.10. The molecule has 0 amide bonds. The third kappa shape index (κ3) is 2.88. The summed E-state index contributed by atoms with van der Waals surface area (Å²) in [5, 5.41) is 3.65. The van der Waals surface area contributed by atoms with Crippen molar-refractivity contribution in [2.75, 3.05) is 6.61 Å². The number of halogens is 3. The highest BCUT2D eigenvalue weighted by atomic mass is 19.4. The molecule has 0 atom stereocenters. The van der Waals surface area contributed by atoms with Crippen molar-refractivity contribution in [1.29, 1.82) is 0 Å². The molecule has 0 aliphatic rings. The second kappa shape index (κ2) is 5.55. The quantitative estimate of drug-likeness (QED) is 0.818. The van der Waals surface area contributed by atoms with Crippen LogP contribution in [0.2, 0.25) is 0 Å². The zero-order valence-electron chi connectivity index (χ0n) is 11.3. The summed E-state index contributed by atoms with van der Waals surface area (Å²) >= 11 is 0. The van der Waals surface area contributed by atoms with Crippen LogP contribution in [0.4, 0.5) is 13.2 Å². The predicted molar refractivity (Wildman–Crippen MR) is 67.1 cm³/mol. The maximum atomic E-state index is 13.3. The van der Waals surface area contributed by atoms with Gasteiger partial charge in [-0.1, -0.05) is 6.07 Å². The molecule has 0 saturated carbocycles. The average molecular weight is 299 g/mol. The molecule has 0 spiro atoms. The van der Waals surface area contributed by atoms with Crippen LogP contribution in [-0.2, 0) is 10.9 Å². The van der Waals surface area contributed by atoms with Gasteiger partial charge in [0.05, 0.1) is 12.8 Å². The molecule has 0 N–H and O–H groups in total. The summed E-state index contributed by atoms with van der Waals surface area (Å²) in [5.41, 5.74) is -1.32. The summed E-state index contributed by atoms with van der Waals surface area (Å²) in [6.07, 6.45) is -2.56. The fraction of sp³-hybridized carbons (Fsp3) is 0.308. The van der Waals surface area contributed by atoms with Crippen LogP contribution in [-0.4, -0.2) is 27.3 Å². The molecule has 0 radical (unpaired) electrons.